The van der Waals surface area contributed by atoms with Crippen molar-refractivity contribution >= 4 is 0 Å². The Morgan fingerprint density at radius 3 is 2.55 bits per heavy atom. The van der Waals surface area contributed by atoms with Crippen LogP contribution in [0.5, 0.6) is 0 Å². The second-order valence-electron chi connectivity index (χ2n) is 6.61. The fourth-order valence-corrected chi connectivity index (χ4v) is 3.87. The maximum atomic E-state index is 9.51. The van der Waals surface area contributed by atoms with Crippen molar-refractivity contribution < 1.29 is 19.3 Å². The minimum atomic E-state index is -0.0525. The number of aliphatic hydroxyl groups is 1. The zero-order chi connectivity index (χ0) is 14.1. The summed E-state index contributed by atoms with van der Waals surface area (Å²) >= 11 is 0. The van der Waals surface area contributed by atoms with Crippen molar-refractivity contribution in [3.63, 3.8) is 0 Å². The van der Waals surface area contributed by atoms with E-state index in [-0.39, 0.29) is 17.4 Å². The lowest BCUT2D eigenvalue weighted by atomic mass is 9.57. The molecule has 2 saturated heterocycles. The Kier molecular flexibility index (Phi) is 4.34. The fourth-order valence-electron chi connectivity index (χ4n) is 3.87. The monoisotopic (exact) mass is 285 g/mol. The van der Waals surface area contributed by atoms with Gasteiger partial charge in [0.15, 0.2) is 0 Å². The molecule has 0 aromatic rings. The molecule has 2 heterocycles. The van der Waals surface area contributed by atoms with Crippen LogP contribution in [-0.2, 0) is 14.2 Å². The Balaban J connectivity index is 1.58. The number of hydrogen-bond donors (Lipinski definition) is 2. The zero-order valence-electron chi connectivity index (χ0n) is 12.4. The molecule has 0 aromatic heterocycles. The fraction of sp³-hybridized carbons (Fsp3) is 1.00. The molecule has 20 heavy (non-hydrogen) atoms. The van der Waals surface area contributed by atoms with E-state index < -0.39 is 0 Å². The van der Waals surface area contributed by atoms with Crippen LogP contribution in [0.25, 0.3) is 0 Å². The van der Waals surface area contributed by atoms with Crippen LogP contribution >= 0.6 is 0 Å². The maximum absolute atomic E-state index is 9.51. The molecule has 116 valence electrons. The van der Waals surface area contributed by atoms with E-state index >= 15 is 0 Å². The van der Waals surface area contributed by atoms with Crippen molar-refractivity contribution in [3.05, 3.63) is 0 Å². The molecule has 1 aliphatic carbocycles. The summed E-state index contributed by atoms with van der Waals surface area (Å²) in [5.74, 6) is 0. The highest BCUT2D eigenvalue weighted by Crippen LogP contribution is 2.50. The average Bonchev–Trinajstić information content (AvgIpc) is 2.45. The van der Waals surface area contributed by atoms with Gasteiger partial charge in [-0.05, 0) is 26.2 Å². The molecule has 0 radical (unpaired) electrons. The van der Waals surface area contributed by atoms with Crippen molar-refractivity contribution in [3.8, 4) is 0 Å². The SMILES string of the molecule is CCOC1CC(NCC2(CO)COC2)C12CCOCC2. The number of nitrogens with one attached hydrogen (secondary N) is 1. The van der Waals surface area contributed by atoms with Crippen LogP contribution in [0.15, 0.2) is 0 Å². The Morgan fingerprint density at radius 2 is 2.00 bits per heavy atom. The largest absolute Gasteiger partial charge is 0.396 e. The molecular formula is C15H27NO4. The lowest BCUT2D eigenvalue weighted by Crippen LogP contribution is -2.67. The van der Waals surface area contributed by atoms with Crippen LogP contribution < -0.4 is 5.32 Å². The van der Waals surface area contributed by atoms with Crippen LogP contribution in [0.4, 0.5) is 0 Å². The van der Waals surface area contributed by atoms with E-state index in [4.69, 9.17) is 14.2 Å². The van der Waals surface area contributed by atoms with E-state index in [2.05, 4.69) is 12.2 Å². The Hall–Kier alpha value is -0.200. The van der Waals surface area contributed by atoms with Gasteiger partial charge in [-0.2, -0.15) is 0 Å². The van der Waals surface area contributed by atoms with Crippen molar-refractivity contribution in [1.82, 2.24) is 5.32 Å². The van der Waals surface area contributed by atoms with E-state index in [1.807, 2.05) is 0 Å². The first-order chi connectivity index (χ1) is 9.75. The van der Waals surface area contributed by atoms with Crippen LogP contribution in [0.3, 0.4) is 0 Å². The minimum Gasteiger partial charge on any atom is -0.396 e. The first-order valence-electron chi connectivity index (χ1n) is 7.86. The van der Waals surface area contributed by atoms with Gasteiger partial charge in [0.05, 0.1) is 31.3 Å². The van der Waals surface area contributed by atoms with Crippen LogP contribution in [0.1, 0.15) is 26.2 Å². The molecule has 0 aromatic carbocycles. The summed E-state index contributed by atoms with van der Waals surface area (Å²) in [5, 5.41) is 13.2. The molecule has 5 heteroatoms. The number of ether oxygens (including phenoxy) is 3. The molecular weight excluding hydrogens is 258 g/mol. The molecule has 0 bridgehead atoms. The van der Waals surface area contributed by atoms with Crippen molar-refractivity contribution in [2.45, 2.75) is 38.3 Å². The molecule has 3 fully saturated rings. The predicted molar refractivity (Wildman–Crippen MR) is 74.6 cm³/mol. The number of rotatable bonds is 6. The maximum Gasteiger partial charge on any atom is 0.0662 e. The summed E-state index contributed by atoms with van der Waals surface area (Å²) in [6, 6.07) is 0.493. The van der Waals surface area contributed by atoms with Gasteiger partial charge in [0.2, 0.25) is 0 Å². The van der Waals surface area contributed by atoms with E-state index in [1.165, 1.54) is 0 Å². The second-order valence-corrected chi connectivity index (χ2v) is 6.61. The lowest BCUT2D eigenvalue weighted by Gasteiger charge is -2.58. The highest BCUT2D eigenvalue weighted by molar-refractivity contribution is 5.09. The highest BCUT2D eigenvalue weighted by Gasteiger charge is 2.56. The molecule has 3 aliphatic rings. The number of hydrogen-bond acceptors (Lipinski definition) is 5. The van der Waals surface area contributed by atoms with Gasteiger partial charge < -0.3 is 24.6 Å². The summed E-state index contributed by atoms with van der Waals surface area (Å²) in [7, 11) is 0. The number of aliphatic hydroxyl groups excluding tert-OH is 1. The smallest absolute Gasteiger partial charge is 0.0662 e. The first kappa shape index (κ1) is 14.7. The van der Waals surface area contributed by atoms with Gasteiger partial charge in [0, 0.05) is 37.8 Å². The van der Waals surface area contributed by atoms with Crippen LogP contribution in [0.2, 0.25) is 0 Å². The van der Waals surface area contributed by atoms with Crippen LogP contribution in [-0.4, -0.2) is 63.4 Å². The normalized spacial score (nSPS) is 34.5. The van der Waals surface area contributed by atoms with Gasteiger partial charge in [0.25, 0.3) is 0 Å². The second kappa shape index (κ2) is 5.89. The van der Waals surface area contributed by atoms with E-state index in [0.717, 1.165) is 45.6 Å². The standard InChI is InChI=1S/C15H27NO4/c1-2-20-13-7-12(15(13)3-5-18-6-4-15)16-8-14(9-17)10-19-11-14/h12-13,16-17H,2-11H2,1H3. The van der Waals surface area contributed by atoms with Crippen molar-refractivity contribution in [2.24, 2.45) is 10.8 Å². The van der Waals surface area contributed by atoms with Gasteiger partial charge in [-0.1, -0.05) is 0 Å². The topological polar surface area (TPSA) is 60.0 Å². The molecule has 2 N–H and O–H groups in total. The molecule has 5 nitrogen and oxygen atoms in total. The summed E-state index contributed by atoms with van der Waals surface area (Å²) in [6.07, 6.45) is 3.61. The van der Waals surface area contributed by atoms with Crippen molar-refractivity contribution in [2.75, 3.05) is 46.2 Å². The van der Waals surface area contributed by atoms with Crippen LogP contribution in [0, 0.1) is 10.8 Å². The van der Waals surface area contributed by atoms with E-state index in [0.29, 0.717) is 25.4 Å². The summed E-state index contributed by atoms with van der Waals surface area (Å²) in [5.41, 5.74) is 0.193. The molecule has 2 unspecified atom stereocenters. The van der Waals surface area contributed by atoms with Gasteiger partial charge in [-0.15, -0.1) is 0 Å². The summed E-state index contributed by atoms with van der Waals surface area (Å²) in [4.78, 5) is 0. The molecule has 1 saturated carbocycles. The predicted octanol–water partition coefficient (Wildman–Crippen LogP) is 0.559. The van der Waals surface area contributed by atoms with E-state index in [1.54, 1.807) is 0 Å². The molecule has 1 spiro atoms. The molecule has 2 aliphatic heterocycles. The molecule has 0 amide bonds. The third-order valence-electron chi connectivity index (χ3n) is 5.45. The van der Waals surface area contributed by atoms with Gasteiger partial charge >= 0.3 is 0 Å². The summed E-state index contributed by atoms with van der Waals surface area (Å²) in [6.45, 7) is 6.94. The van der Waals surface area contributed by atoms with E-state index in [9.17, 15) is 5.11 Å². The third-order valence-corrected chi connectivity index (χ3v) is 5.45. The Morgan fingerprint density at radius 1 is 1.25 bits per heavy atom. The molecule has 2 atom stereocenters. The quantitative estimate of drug-likeness (QED) is 0.747. The Bertz CT molecular complexity index is 320. The lowest BCUT2D eigenvalue weighted by molar-refractivity contribution is -0.182. The third kappa shape index (κ3) is 2.40. The zero-order valence-corrected chi connectivity index (χ0v) is 12.4. The van der Waals surface area contributed by atoms with Crippen molar-refractivity contribution in [1.29, 1.82) is 0 Å². The first-order valence-corrected chi connectivity index (χ1v) is 7.86. The minimum absolute atomic E-state index is 0.0525. The average molecular weight is 285 g/mol. The molecule has 3 rings (SSSR count). The Labute approximate surface area is 121 Å². The van der Waals surface area contributed by atoms with Gasteiger partial charge in [-0.25, -0.2) is 0 Å². The van der Waals surface area contributed by atoms with Gasteiger partial charge in [-0.3, -0.25) is 0 Å². The summed E-state index contributed by atoms with van der Waals surface area (Å²) < 4.78 is 16.7. The van der Waals surface area contributed by atoms with Gasteiger partial charge in [0.1, 0.15) is 0 Å². The highest BCUT2D eigenvalue weighted by atomic mass is 16.5.